The number of aromatic carboxylic acids is 1. The minimum atomic E-state index is -0.981. The van der Waals surface area contributed by atoms with Crippen LogP contribution in [0.5, 0.6) is 0 Å². The number of nitrogens with zero attached hydrogens (tertiary/aromatic N) is 1. The van der Waals surface area contributed by atoms with Crippen molar-refractivity contribution in [2.45, 2.75) is 19.9 Å². The van der Waals surface area contributed by atoms with Gasteiger partial charge in [-0.25, -0.2) is 4.79 Å². The van der Waals surface area contributed by atoms with Gasteiger partial charge >= 0.3 is 5.97 Å². The van der Waals surface area contributed by atoms with Gasteiger partial charge in [0.25, 0.3) is 0 Å². The summed E-state index contributed by atoms with van der Waals surface area (Å²) >= 11 is 0. The molecule has 0 radical (unpaired) electrons. The van der Waals surface area contributed by atoms with Crippen LogP contribution in [0, 0.1) is 0 Å². The van der Waals surface area contributed by atoms with Gasteiger partial charge in [0.2, 0.25) is 0 Å². The van der Waals surface area contributed by atoms with Crippen molar-refractivity contribution in [3.8, 4) is 0 Å². The van der Waals surface area contributed by atoms with E-state index in [-0.39, 0.29) is 12.2 Å². The molecular weight excluding hydrogens is 258 g/mol. The van der Waals surface area contributed by atoms with E-state index in [9.17, 15) is 9.90 Å². The van der Waals surface area contributed by atoms with E-state index >= 15 is 0 Å². The summed E-state index contributed by atoms with van der Waals surface area (Å²) in [6.07, 6.45) is 0.933. The Hall–Kier alpha value is -1.85. The van der Waals surface area contributed by atoms with Gasteiger partial charge in [-0.05, 0) is 19.0 Å². The molecule has 2 rings (SSSR count). The lowest BCUT2D eigenvalue weighted by atomic mass is 10.1. The van der Waals surface area contributed by atoms with E-state index in [4.69, 9.17) is 9.52 Å². The van der Waals surface area contributed by atoms with Crippen molar-refractivity contribution in [1.82, 2.24) is 4.90 Å². The Morgan fingerprint density at radius 2 is 2.05 bits per heavy atom. The first-order chi connectivity index (χ1) is 9.67. The molecule has 20 heavy (non-hydrogen) atoms. The Morgan fingerprint density at radius 1 is 1.30 bits per heavy atom. The van der Waals surface area contributed by atoms with Crippen molar-refractivity contribution in [3.63, 3.8) is 0 Å². The smallest absolute Gasteiger partial charge is 0.339 e. The molecular formula is C15H19NO4. The average molecular weight is 277 g/mol. The lowest BCUT2D eigenvalue weighted by molar-refractivity contribution is 0.0694. The topological polar surface area (TPSA) is 73.9 Å². The number of hydrogen-bond donors (Lipinski definition) is 2. The van der Waals surface area contributed by atoms with Gasteiger partial charge in [-0.15, -0.1) is 0 Å². The highest BCUT2D eigenvalue weighted by atomic mass is 16.4. The van der Waals surface area contributed by atoms with E-state index in [0.29, 0.717) is 29.8 Å². The normalized spacial score (nSPS) is 11.3. The van der Waals surface area contributed by atoms with E-state index in [2.05, 4.69) is 0 Å². The predicted octanol–water partition coefficient (Wildman–Crippen LogP) is 2.34. The highest BCUT2D eigenvalue weighted by Gasteiger charge is 2.21. The molecule has 0 unspecified atom stereocenters. The maximum atomic E-state index is 11.5. The number of rotatable bonds is 7. The van der Waals surface area contributed by atoms with Gasteiger partial charge in [0, 0.05) is 11.9 Å². The van der Waals surface area contributed by atoms with Gasteiger partial charge in [0.15, 0.2) is 0 Å². The molecule has 108 valence electrons. The number of aliphatic hydroxyl groups excluding tert-OH is 1. The van der Waals surface area contributed by atoms with Crippen LogP contribution >= 0.6 is 0 Å². The van der Waals surface area contributed by atoms with E-state index in [1.54, 1.807) is 18.2 Å². The summed E-state index contributed by atoms with van der Waals surface area (Å²) in [6.45, 7) is 3.77. The number of furan rings is 1. The number of carboxylic acid groups (broad SMARTS) is 1. The van der Waals surface area contributed by atoms with Crippen molar-refractivity contribution in [1.29, 1.82) is 0 Å². The molecule has 0 amide bonds. The van der Waals surface area contributed by atoms with Crippen molar-refractivity contribution in [2.24, 2.45) is 0 Å². The second-order valence-electron chi connectivity index (χ2n) is 4.70. The first kappa shape index (κ1) is 14.6. The lowest BCUT2D eigenvalue weighted by Gasteiger charge is -2.19. The van der Waals surface area contributed by atoms with Gasteiger partial charge in [-0.1, -0.05) is 25.1 Å². The molecule has 0 aliphatic rings. The monoisotopic (exact) mass is 277 g/mol. The lowest BCUT2D eigenvalue weighted by Crippen LogP contribution is -2.27. The van der Waals surface area contributed by atoms with Crippen molar-refractivity contribution in [3.05, 3.63) is 35.6 Å². The third kappa shape index (κ3) is 3.00. The number of para-hydroxylation sites is 1. The SMILES string of the molecule is CCCN(CCO)Cc1oc2ccccc2c1C(=O)O. The molecule has 0 bridgehead atoms. The predicted molar refractivity (Wildman–Crippen MR) is 75.8 cm³/mol. The summed E-state index contributed by atoms with van der Waals surface area (Å²) in [4.78, 5) is 13.5. The average Bonchev–Trinajstić information content (AvgIpc) is 2.77. The van der Waals surface area contributed by atoms with E-state index in [1.165, 1.54) is 0 Å². The van der Waals surface area contributed by atoms with Crippen LogP contribution < -0.4 is 0 Å². The molecule has 2 aromatic rings. The van der Waals surface area contributed by atoms with Crippen molar-refractivity contribution in [2.75, 3.05) is 19.7 Å². The summed E-state index contributed by atoms with van der Waals surface area (Å²) in [5, 5.41) is 19.1. The fourth-order valence-corrected chi connectivity index (χ4v) is 2.37. The highest BCUT2D eigenvalue weighted by Crippen LogP contribution is 2.26. The van der Waals surface area contributed by atoms with Crippen LogP contribution in [0.2, 0.25) is 0 Å². The summed E-state index contributed by atoms with van der Waals surface area (Å²) in [5.74, 6) is -0.536. The number of benzene rings is 1. The highest BCUT2D eigenvalue weighted by molar-refractivity contribution is 6.03. The molecule has 0 saturated heterocycles. The third-order valence-electron chi connectivity index (χ3n) is 3.21. The number of carboxylic acids is 1. The minimum Gasteiger partial charge on any atom is -0.478 e. The van der Waals surface area contributed by atoms with Crippen molar-refractivity contribution < 1.29 is 19.4 Å². The zero-order valence-corrected chi connectivity index (χ0v) is 11.5. The maximum absolute atomic E-state index is 11.5. The maximum Gasteiger partial charge on any atom is 0.339 e. The van der Waals surface area contributed by atoms with Gasteiger partial charge in [-0.3, -0.25) is 4.90 Å². The summed E-state index contributed by atoms with van der Waals surface area (Å²) < 4.78 is 5.68. The first-order valence-corrected chi connectivity index (χ1v) is 6.74. The van der Waals surface area contributed by atoms with E-state index < -0.39 is 5.97 Å². The van der Waals surface area contributed by atoms with Crippen LogP contribution in [0.1, 0.15) is 29.5 Å². The third-order valence-corrected chi connectivity index (χ3v) is 3.21. The molecule has 0 atom stereocenters. The summed E-state index contributed by atoms with van der Waals surface area (Å²) in [7, 11) is 0. The zero-order valence-electron chi connectivity index (χ0n) is 11.5. The molecule has 1 heterocycles. The van der Waals surface area contributed by atoms with Gasteiger partial charge in [0.05, 0.1) is 13.2 Å². The van der Waals surface area contributed by atoms with Crippen LogP contribution in [-0.4, -0.2) is 40.8 Å². The fourth-order valence-electron chi connectivity index (χ4n) is 2.37. The van der Waals surface area contributed by atoms with Crippen LogP contribution in [0.4, 0.5) is 0 Å². The standard InChI is InChI=1S/C15H19NO4/c1-2-7-16(8-9-17)10-13-14(15(18)19)11-5-3-4-6-12(11)20-13/h3-6,17H,2,7-10H2,1H3,(H,18,19). The molecule has 1 aromatic carbocycles. The zero-order chi connectivity index (χ0) is 14.5. The fraction of sp³-hybridized carbons (Fsp3) is 0.400. The van der Waals surface area contributed by atoms with Gasteiger partial charge < -0.3 is 14.6 Å². The molecule has 0 aliphatic heterocycles. The molecule has 0 saturated carbocycles. The molecule has 5 heteroatoms. The Balaban J connectivity index is 2.37. The quantitative estimate of drug-likeness (QED) is 0.812. The minimum absolute atomic E-state index is 0.0443. The summed E-state index contributed by atoms with van der Waals surface area (Å²) in [5.41, 5.74) is 0.806. The number of hydrogen-bond acceptors (Lipinski definition) is 4. The van der Waals surface area contributed by atoms with Crippen LogP contribution in [0.15, 0.2) is 28.7 Å². The molecule has 0 spiro atoms. The van der Waals surface area contributed by atoms with Crippen LogP contribution in [-0.2, 0) is 6.54 Å². The Bertz CT molecular complexity index is 585. The largest absolute Gasteiger partial charge is 0.478 e. The van der Waals surface area contributed by atoms with Gasteiger partial charge in [-0.2, -0.15) is 0 Å². The molecule has 5 nitrogen and oxygen atoms in total. The first-order valence-electron chi connectivity index (χ1n) is 6.74. The van der Waals surface area contributed by atoms with E-state index in [0.717, 1.165) is 13.0 Å². The summed E-state index contributed by atoms with van der Waals surface area (Å²) in [6, 6.07) is 7.13. The molecule has 0 aliphatic carbocycles. The van der Waals surface area contributed by atoms with Crippen LogP contribution in [0.25, 0.3) is 11.0 Å². The van der Waals surface area contributed by atoms with Crippen LogP contribution in [0.3, 0.4) is 0 Å². The molecule has 0 fully saturated rings. The molecule has 1 aromatic heterocycles. The Kier molecular flexibility index (Phi) is 4.76. The Labute approximate surface area is 117 Å². The number of carbonyl (C=O) groups is 1. The number of fused-ring (bicyclic) bond motifs is 1. The Morgan fingerprint density at radius 3 is 2.70 bits per heavy atom. The van der Waals surface area contributed by atoms with E-state index in [1.807, 2.05) is 17.9 Å². The number of aliphatic hydroxyl groups is 1. The van der Waals surface area contributed by atoms with Crippen molar-refractivity contribution >= 4 is 16.9 Å². The second kappa shape index (κ2) is 6.54. The van der Waals surface area contributed by atoms with Gasteiger partial charge in [0.1, 0.15) is 16.9 Å². The molecule has 2 N–H and O–H groups in total. The second-order valence-corrected chi connectivity index (χ2v) is 4.70.